The molecule has 4 nitrogen and oxygen atoms in total. The van der Waals surface area contributed by atoms with Crippen molar-refractivity contribution in [3.63, 3.8) is 0 Å². The van der Waals surface area contributed by atoms with E-state index in [1.165, 1.54) is 7.05 Å². The quantitative estimate of drug-likeness (QED) is 0.678. The van der Waals surface area contributed by atoms with Crippen LogP contribution in [0.5, 0.6) is 0 Å². The minimum Gasteiger partial charge on any atom is -0.396 e. The van der Waals surface area contributed by atoms with E-state index < -0.39 is 12.7 Å². The van der Waals surface area contributed by atoms with Gasteiger partial charge in [-0.25, -0.2) is 0 Å². The lowest BCUT2D eigenvalue weighted by atomic mass is 10.3. The van der Waals surface area contributed by atoms with Gasteiger partial charge in [-0.05, 0) is 6.42 Å². The van der Waals surface area contributed by atoms with Gasteiger partial charge in [0.25, 0.3) is 0 Å². The van der Waals surface area contributed by atoms with E-state index >= 15 is 0 Å². The summed E-state index contributed by atoms with van der Waals surface area (Å²) >= 11 is 0. The Kier molecular flexibility index (Phi) is 7.07. The van der Waals surface area contributed by atoms with E-state index in [4.69, 9.17) is 5.11 Å². The van der Waals surface area contributed by atoms with Crippen molar-refractivity contribution in [2.75, 3.05) is 33.3 Å². The molecule has 2 N–H and O–H groups in total. The van der Waals surface area contributed by atoms with Gasteiger partial charge in [-0.2, -0.15) is 13.2 Å². The standard InChI is InChI=1S/C9H17F3N2O2/c1-13-8(16)3-5-14(4-2-6-15)7-9(10,11)12/h15H,2-7H2,1H3,(H,13,16). The summed E-state index contributed by atoms with van der Waals surface area (Å²) in [5.74, 6) is -0.295. The molecule has 0 aliphatic rings. The molecule has 0 bridgehead atoms. The number of hydrogen-bond acceptors (Lipinski definition) is 3. The summed E-state index contributed by atoms with van der Waals surface area (Å²) in [5.41, 5.74) is 0. The number of hydrogen-bond donors (Lipinski definition) is 2. The normalized spacial score (nSPS) is 11.9. The second kappa shape index (κ2) is 7.45. The molecule has 0 radical (unpaired) electrons. The fraction of sp³-hybridized carbons (Fsp3) is 0.889. The highest BCUT2D eigenvalue weighted by Crippen LogP contribution is 2.16. The Morgan fingerprint density at radius 3 is 2.44 bits per heavy atom. The van der Waals surface area contributed by atoms with Crippen LogP contribution in [0.2, 0.25) is 0 Å². The molecule has 0 atom stereocenters. The Labute approximate surface area is 92.4 Å². The zero-order valence-corrected chi connectivity index (χ0v) is 9.18. The van der Waals surface area contributed by atoms with Gasteiger partial charge in [-0.1, -0.05) is 0 Å². The number of aliphatic hydroxyl groups is 1. The molecule has 0 rings (SSSR count). The SMILES string of the molecule is CNC(=O)CCN(CCCO)CC(F)(F)F. The number of halogens is 3. The third-order valence-corrected chi connectivity index (χ3v) is 1.97. The molecule has 96 valence electrons. The highest BCUT2D eigenvalue weighted by molar-refractivity contribution is 5.75. The Hall–Kier alpha value is -0.820. The molecule has 0 spiro atoms. The lowest BCUT2D eigenvalue weighted by Gasteiger charge is -2.22. The van der Waals surface area contributed by atoms with Crippen molar-refractivity contribution >= 4 is 5.91 Å². The number of nitrogens with one attached hydrogen (secondary N) is 1. The highest BCUT2D eigenvalue weighted by Gasteiger charge is 2.30. The number of alkyl halides is 3. The van der Waals surface area contributed by atoms with Crippen molar-refractivity contribution in [3.8, 4) is 0 Å². The van der Waals surface area contributed by atoms with Crippen molar-refractivity contribution in [2.24, 2.45) is 0 Å². The van der Waals surface area contributed by atoms with Gasteiger partial charge in [0, 0.05) is 33.2 Å². The van der Waals surface area contributed by atoms with Crippen LogP contribution in [0.4, 0.5) is 13.2 Å². The summed E-state index contributed by atoms with van der Waals surface area (Å²) in [7, 11) is 1.43. The topological polar surface area (TPSA) is 52.6 Å². The highest BCUT2D eigenvalue weighted by atomic mass is 19.4. The van der Waals surface area contributed by atoms with Gasteiger partial charge in [0.1, 0.15) is 0 Å². The van der Waals surface area contributed by atoms with Crippen LogP contribution in [0.15, 0.2) is 0 Å². The molecule has 0 saturated carbocycles. The molecule has 0 heterocycles. The molecule has 0 fully saturated rings. The van der Waals surface area contributed by atoms with E-state index in [1.807, 2.05) is 0 Å². The van der Waals surface area contributed by atoms with Crippen LogP contribution < -0.4 is 5.32 Å². The van der Waals surface area contributed by atoms with Crippen molar-refractivity contribution < 1.29 is 23.1 Å². The van der Waals surface area contributed by atoms with E-state index in [1.54, 1.807) is 0 Å². The second-order valence-corrected chi connectivity index (χ2v) is 3.39. The number of carbonyl (C=O) groups excluding carboxylic acids is 1. The number of amides is 1. The van der Waals surface area contributed by atoms with E-state index in [0.717, 1.165) is 4.90 Å². The van der Waals surface area contributed by atoms with Crippen LogP contribution in [-0.2, 0) is 4.79 Å². The predicted molar refractivity (Wildman–Crippen MR) is 52.9 cm³/mol. The predicted octanol–water partition coefficient (Wildman–Crippen LogP) is 0.369. The van der Waals surface area contributed by atoms with Gasteiger partial charge >= 0.3 is 6.18 Å². The number of aliphatic hydroxyl groups excluding tert-OH is 1. The zero-order valence-electron chi connectivity index (χ0n) is 9.18. The van der Waals surface area contributed by atoms with Gasteiger partial charge in [0.05, 0.1) is 6.54 Å². The molecular weight excluding hydrogens is 225 g/mol. The first-order valence-electron chi connectivity index (χ1n) is 4.99. The molecule has 7 heteroatoms. The minimum absolute atomic E-state index is 0.0258. The van der Waals surface area contributed by atoms with E-state index in [0.29, 0.717) is 0 Å². The maximum Gasteiger partial charge on any atom is 0.401 e. The van der Waals surface area contributed by atoms with Crippen LogP contribution in [-0.4, -0.2) is 55.4 Å². The van der Waals surface area contributed by atoms with Gasteiger partial charge < -0.3 is 10.4 Å². The van der Waals surface area contributed by atoms with Crippen molar-refractivity contribution in [1.29, 1.82) is 0 Å². The van der Waals surface area contributed by atoms with Crippen LogP contribution in [0, 0.1) is 0 Å². The third kappa shape index (κ3) is 8.49. The summed E-state index contributed by atoms with van der Waals surface area (Å²) in [6, 6.07) is 0. The lowest BCUT2D eigenvalue weighted by molar-refractivity contribution is -0.147. The van der Waals surface area contributed by atoms with Gasteiger partial charge in [-0.15, -0.1) is 0 Å². The number of nitrogens with zero attached hydrogens (tertiary/aromatic N) is 1. The maximum absolute atomic E-state index is 12.1. The van der Waals surface area contributed by atoms with Gasteiger partial charge in [-0.3, -0.25) is 9.69 Å². The molecule has 0 aliphatic carbocycles. The molecule has 16 heavy (non-hydrogen) atoms. The molecule has 0 aromatic rings. The largest absolute Gasteiger partial charge is 0.401 e. The number of rotatable bonds is 7. The Balaban J connectivity index is 4.04. The summed E-state index contributed by atoms with van der Waals surface area (Å²) in [6.07, 6.45) is -3.99. The Morgan fingerprint density at radius 1 is 1.38 bits per heavy atom. The monoisotopic (exact) mass is 242 g/mol. The first-order valence-corrected chi connectivity index (χ1v) is 4.99. The molecule has 0 aromatic carbocycles. The van der Waals surface area contributed by atoms with Crippen LogP contribution >= 0.6 is 0 Å². The molecule has 1 amide bonds. The van der Waals surface area contributed by atoms with Crippen LogP contribution in [0.1, 0.15) is 12.8 Å². The zero-order chi connectivity index (χ0) is 12.6. The molecule has 0 unspecified atom stereocenters. The third-order valence-electron chi connectivity index (χ3n) is 1.97. The van der Waals surface area contributed by atoms with Crippen LogP contribution in [0.3, 0.4) is 0 Å². The summed E-state index contributed by atoms with van der Waals surface area (Å²) < 4.78 is 36.4. The Bertz CT molecular complexity index is 209. The second-order valence-electron chi connectivity index (χ2n) is 3.39. The fourth-order valence-corrected chi connectivity index (χ4v) is 1.20. The van der Waals surface area contributed by atoms with Crippen LogP contribution in [0.25, 0.3) is 0 Å². The first kappa shape index (κ1) is 15.2. The molecular formula is C9H17F3N2O2. The van der Waals surface area contributed by atoms with Crippen molar-refractivity contribution in [2.45, 2.75) is 19.0 Å². The van der Waals surface area contributed by atoms with Crippen molar-refractivity contribution in [3.05, 3.63) is 0 Å². The maximum atomic E-state index is 12.1. The summed E-state index contributed by atoms with van der Waals surface area (Å²) in [4.78, 5) is 12.0. The summed E-state index contributed by atoms with van der Waals surface area (Å²) in [5, 5.41) is 10.9. The molecule has 0 aromatic heterocycles. The average molecular weight is 242 g/mol. The lowest BCUT2D eigenvalue weighted by Crippen LogP contribution is -2.37. The van der Waals surface area contributed by atoms with Gasteiger partial charge in [0.2, 0.25) is 5.91 Å². The van der Waals surface area contributed by atoms with Gasteiger partial charge in [0.15, 0.2) is 0 Å². The Morgan fingerprint density at radius 2 is 2.00 bits per heavy atom. The smallest absolute Gasteiger partial charge is 0.396 e. The summed E-state index contributed by atoms with van der Waals surface area (Å²) in [6.45, 7) is -1.04. The van der Waals surface area contributed by atoms with E-state index in [-0.39, 0.29) is 38.4 Å². The average Bonchev–Trinajstić information content (AvgIpc) is 2.19. The van der Waals surface area contributed by atoms with E-state index in [9.17, 15) is 18.0 Å². The fourth-order valence-electron chi connectivity index (χ4n) is 1.20. The van der Waals surface area contributed by atoms with Crippen molar-refractivity contribution in [1.82, 2.24) is 10.2 Å². The van der Waals surface area contributed by atoms with E-state index in [2.05, 4.69) is 5.32 Å². The molecule has 0 aliphatic heterocycles. The minimum atomic E-state index is -4.28. The first-order chi connectivity index (χ1) is 7.39. The molecule has 0 saturated heterocycles. The number of carbonyl (C=O) groups is 1.